The minimum absolute atomic E-state index is 0.0845. The van der Waals surface area contributed by atoms with E-state index in [4.69, 9.17) is 4.74 Å². The number of benzene rings is 1. The van der Waals surface area contributed by atoms with E-state index in [1.807, 2.05) is 23.1 Å². The van der Waals surface area contributed by atoms with Gasteiger partial charge in [-0.2, -0.15) is 0 Å². The van der Waals surface area contributed by atoms with Gasteiger partial charge in [0.25, 0.3) is 5.91 Å². The van der Waals surface area contributed by atoms with Gasteiger partial charge >= 0.3 is 0 Å². The molecule has 1 fully saturated rings. The number of nitrogens with zero attached hydrogens (tertiary/aromatic N) is 3. The molecule has 2 aliphatic heterocycles. The van der Waals surface area contributed by atoms with Crippen molar-refractivity contribution in [3.8, 4) is 5.75 Å². The highest BCUT2D eigenvalue weighted by Crippen LogP contribution is 2.26. The number of ether oxygens (including phenoxy) is 1. The molecular weight excluding hydrogens is 333 g/mol. The Morgan fingerprint density at radius 1 is 1.19 bits per heavy atom. The normalized spacial score (nSPS) is 17.5. The first-order chi connectivity index (χ1) is 12.7. The number of carbonyl (C=O) groups excluding carboxylic acids is 1. The van der Waals surface area contributed by atoms with Crippen LogP contribution in [0.1, 0.15) is 34.3 Å². The number of hydrogen-bond acceptors (Lipinski definition) is 4. The van der Waals surface area contributed by atoms with Crippen LogP contribution in [0.3, 0.4) is 0 Å². The van der Waals surface area contributed by atoms with Crippen molar-refractivity contribution in [2.75, 3.05) is 26.2 Å². The molecule has 0 aliphatic carbocycles. The fourth-order valence-corrected chi connectivity index (χ4v) is 3.59. The smallest absolute Gasteiger partial charge is 0.253 e. The summed E-state index contributed by atoms with van der Waals surface area (Å²) < 4.78 is 19.7. The molecule has 0 bridgehead atoms. The van der Waals surface area contributed by atoms with Crippen molar-refractivity contribution in [1.82, 2.24) is 14.8 Å². The van der Waals surface area contributed by atoms with Gasteiger partial charge in [-0.15, -0.1) is 0 Å². The molecule has 1 saturated heterocycles. The fraction of sp³-hybridized carbons (Fsp3) is 0.400. The van der Waals surface area contributed by atoms with Gasteiger partial charge in [0.1, 0.15) is 18.2 Å². The summed E-state index contributed by atoms with van der Waals surface area (Å²) in [4.78, 5) is 20.5. The summed E-state index contributed by atoms with van der Waals surface area (Å²) in [6, 6.07) is 7.36. The van der Waals surface area contributed by atoms with Gasteiger partial charge in [-0.1, -0.05) is 0 Å². The third-order valence-corrected chi connectivity index (χ3v) is 5.01. The van der Waals surface area contributed by atoms with Crippen LogP contribution >= 0.6 is 0 Å². The molecule has 1 aromatic heterocycles. The maximum atomic E-state index is 13.9. The Morgan fingerprint density at radius 2 is 2.04 bits per heavy atom. The van der Waals surface area contributed by atoms with Crippen molar-refractivity contribution in [1.29, 1.82) is 0 Å². The number of likely N-dealkylation sites (tertiary alicyclic amines) is 1. The van der Waals surface area contributed by atoms with E-state index in [1.54, 1.807) is 12.3 Å². The molecule has 0 N–H and O–H groups in total. The van der Waals surface area contributed by atoms with Crippen LogP contribution in [0.2, 0.25) is 0 Å². The van der Waals surface area contributed by atoms with Crippen LogP contribution in [-0.2, 0) is 13.1 Å². The number of carbonyl (C=O) groups is 1. The van der Waals surface area contributed by atoms with E-state index < -0.39 is 0 Å². The summed E-state index contributed by atoms with van der Waals surface area (Å²) in [6.45, 7) is 4.02. The highest BCUT2D eigenvalue weighted by molar-refractivity contribution is 5.94. The molecule has 136 valence electrons. The fourth-order valence-electron chi connectivity index (χ4n) is 3.59. The molecule has 1 amide bonds. The molecule has 5 nitrogen and oxygen atoms in total. The first kappa shape index (κ1) is 17.0. The summed E-state index contributed by atoms with van der Waals surface area (Å²) in [5, 5.41) is 0. The van der Waals surface area contributed by atoms with E-state index >= 15 is 0 Å². The van der Waals surface area contributed by atoms with Crippen LogP contribution in [-0.4, -0.2) is 46.9 Å². The molecule has 0 saturated carbocycles. The second kappa shape index (κ2) is 7.41. The van der Waals surface area contributed by atoms with Crippen molar-refractivity contribution in [2.45, 2.75) is 25.9 Å². The van der Waals surface area contributed by atoms with Crippen LogP contribution < -0.4 is 4.74 Å². The van der Waals surface area contributed by atoms with Gasteiger partial charge < -0.3 is 9.64 Å². The van der Waals surface area contributed by atoms with Crippen LogP contribution in [0.25, 0.3) is 0 Å². The molecule has 0 radical (unpaired) electrons. The number of pyridine rings is 1. The average Bonchev–Trinajstić information content (AvgIpc) is 3.11. The van der Waals surface area contributed by atoms with Crippen LogP contribution in [0.5, 0.6) is 5.75 Å². The van der Waals surface area contributed by atoms with Crippen molar-refractivity contribution >= 4 is 5.91 Å². The van der Waals surface area contributed by atoms with E-state index in [1.165, 1.54) is 6.20 Å². The Labute approximate surface area is 152 Å². The van der Waals surface area contributed by atoms with Crippen LogP contribution in [0.15, 0.2) is 36.7 Å². The predicted molar refractivity (Wildman–Crippen MR) is 95.4 cm³/mol. The highest BCUT2D eigenvalue weighted by atomic mass is 19.1. The molecule has 2 aliphatic rings. The number of hydrogen-bond donors (Lipinski definition) is 0. The predicted octanol–water partition coefficient (Wildman–Crippen LogP) is 2.85. The molecule has 3 heterocycles. The number of halogens is 1. The van der Waals surface area contributed by atoms with Gasteiger partial charge in [0.05, 0.1) is 6.20 Å². The molecule has 0 spiro atoms. The van der Waals surface area contributed by atoms with Gasteiger partial charge in [-0.3, -0.25) is 14.7 Å². The van der Waals surface area contributed by atoms with Crippen molar-refractivity contribution in [3.05, 3.63) is 59.2 Å². The lowest BCUT2D eigenvalue weighted by Gasteiger charge is -2.20. The summed E-state index contributed by atoms with van der Waals surface area (Å²) >= 11 is 0. The van der Waals surface area contributed by atoms with E-state index in [2.05, 4.69) is 9.88 Å². The van der Waals surface area contributed by atoms with Gasteiger partial charge in [-0.25, -0.2) is 4.39 Å². The summed E-state index contributed by atoms with van der Waals surface area (Å²) in [6.07, 6.45) is 4.99. The van der Waals surface area contributed by atoms with Crippen LogP contribution in [0.4, 0.5) is 4.39 Å². The van der Waals surface area contributed by atoms with Gasteiger partial charge in [0.2, 0.25) is 0 Å². The second-order valence-electron chi connectivity index (χ2n) is 6.85. The summed E-state index contributed by atoms with van der Waals surface area (Å²) in [5.41, 5.74) is 2.29. The summed E-state index contributed by atoms with van der Waals surface area (Å²) in [5.74, 6) is 0.595. The van der Waals surface area contributed by atoms with E-state index in [0.29, 0.717) is 37.4 Å². The van der Waals surface area contributed by atoms with Crippen molar-refractivity contribution < 1.29 is 13.9 Å². The lowest BCUT2D eigenvalue weighted by atomic mass is 10.1. The molecule has 4 rings (SSSR count). The minimum atomic E-state index is -0.296. The largest absolute Gasteiger partial charge is 0.492 e. The Morgan fingerprint density at radius 3 is 2.85 bits per heavy atom. The van der Waals surface area contributed by atoms with E-state index in [-0.39, 0.29) is 11.7 Å². The third kappa shape index (κ3) is 3.55. The zero-order valence-corrected chi connectivity index (χ0v) is 14.7. The lowest BCUT2D eigenvalue weighted by molar-refractivity contribution is 0.0792. The molecule has 1 aromatic carbocycles. The molecule has 0 atom stereocenters. The zero-order valence-electron chi connectivity index (χ0n) is 14.7. The zero-order chi connectivity index (χ0) is 17.9. The third-order valence-electron chi connectivity index (χ3n) is 5.01. The number of rotatable bonds is 3. The Kier molecular flexibility index (Phi) is 4.84. The first-order valence-electron chi connectivity index (χ1n) is 9.06. The molecule has 26 heavy (non-hydrogen) atoms. The van der Waals surface area contributed by atoms with Crippen molar-refractivity contribution in [2.24, 2.45) is 0 Å². The van der Waals surface area contributed by atoms with E-state index in [9.17, 15) is 9.18 Å². The SMILES string of the molecule is O=C(c1ccc2c(c1)CN(Cc1ccncc1F)CCO2)N1CCCC1. The van der Waals surface area contributed by atoms with Crippen molar-refractivity contribution in [3.63, 3.8) is 0 Å². The maximum absolute atomic E-state index is 13.9. The Hall–Kier alpha value is -2.47. The number of aromatic nitrogens is 1. The molecule has 0 unspecified atom stereocenters. The molecular formula is C20H22FN3O2. The van der Waals surface area contributed by atoms with Crippen LogP contribution in [0, 0.1) is 5.82 Å². The maximum Gasteiger partial charge on any atom is 0.253 e. The topological polar surface area (TPSA) is 45.7 Å². The Balaban J connectivity index is 1.54. The highest BCUT2D eigenvalue weighted by Gasteiger charge is 2.22. The number of amides is 1. The second-order valence-corrected chi connectivity index (χ2v) is 6.85. The molecule has 2 aromatic rings. The monoisotopic (exact) mass is 355 g/mol. The lowest BCUT2D eigenvalue weighted by Crippen LogP contribution is -2.28. The van der Waals surface area contributed by atoms with Gasteiger partial charge in [0, 0.05) is 55.6 Å². The molecule has 6 heteroatoms. The van der Waals surface area contributed by atoms with Gasteiger partial charge in [0.15, 0.2) is 0 Å². The quantitative estimate of drug-likeness (QED) is 0.849. The number of fused-ring (bicyclic) bond motifs is 1. The minimum Gasteiger partial charge on any atom is -0.492 e. The average molecular weight is 355 g/mol. The van der Waals surface area contributed by atoms with Gasteiger partial charge in [-0.05, 0) is 37.1 Å². The Bertz CT molecular complexity index is 805. The van der Waals surface area contributed by atoms with E-state index in [0.717, 1.165) is 37.2 Å². The first-order valence-corrected chi connectivity index (χ1v) is 9.06. The summed E-state index contributed by atoms with van der Waals surface area (Å²) in [7, 11) is 0. The standard InChI is InChI=1S/C20H22FN3O2/c21-18-12-22-6-5-16(18)13-23-9-10-26-19-4-3-15(11-17(19)14-23)20(25)24-7-1-2-8-24/h3-6,11-12H,1-2,7-10,13-14H2.